The Labute approximate surface area is 114 Å². The van der Waals surface area contributed by atoms with Crippen molar-refractivity contribution in [2.75, 3.05) is 19.7 Å². The van der Waals surface area contributed by atoms with E-state index in [2.05, 4.69) is 10.6 Å². The van der Waals surface area contributed by atoms with Crippen LogP contribution in [0.25, 0.3) is 0 Å². The van der Waals surface area contributed by atoms with Gasteiger partial charge < -0.3 is 15.4 Å². The summed E-state index contributed by atoms with van der Waals surface area (Å²) in [4.78, 5) is 12.2. The SMILES string of the molecule is CCOc1ccccc1C(=O)NCC1CCCCN1. The molecule has 4 heteroatoms. The predicted octanol–water partition coefficient (Wildman–Crippen LogP) is 1.96. The molecule has 0 bridgehead atoms. The van der Waals surface area contributed by atoms with Crippen molar-refractivity contribution in [1.82, 2.24) is 10.6 Å². The van der Waals surface area contributed by atoms with Crippen LogP contribution in [0.3, 0.4) is 0 Å². The Bertz CT molecular complexity index is 414. The fraction of sp³-hybridized carbons (Fsp3) is 0.533. The molecule has 1 heterocycles. The van der Waals surface area contributed by atoms with E-state index >= 15 is 0 Å². The average Bonchev–Trinajstić information content (AvgIpc) is 2.47. The zero-order valence-corrected chi connectivity index (χ0v) is 11.4. The van der Waals surface area contributed by atoms with Crippen LogP contribution in [-0.2, 0) is 0 Å². The van der Waals surface area contributed by atoms with Crippen LogP contribution in [-0.4, -0.2) is 31.6 Å². The summed E-state index contributed by atoms with van der Waals surface area (Å²) in [5.74, 6) is 0.593. The molecule has 2 rings (SSSR count). The zero-order chi connectivity index (χ0) is 13.5. The highest BCUT2D eigenvalue weighted by atomic mass is 16.5. The molecule has 104 valence electrons. The van der Waals surface area contributed by atoms with Crippen LogP contribution in [0.5, 0.6) is 5.75 Å². The summed E-state index contributed by atoms with van der Waals surface area (Å²) in [6.07, 6.45) is 3.61. The highest BCUT2D eigenvalue weighted by molar-refractivity contribution is 5.96. The number of amides is 1. The van der Waals surface area contributed by atoms with E-state index in [-0.39, 0.29) is 5.91 Å². The van der Waals surface area contributed by atoms with Gasteiger partial charge in [-0.2, -0.15) is 0 Å². The van der Waals surface area contributed by atoms with Crippen LogP contribution >= 0.6 is 0 Å². The molecular weight excluding hydrogens is 240 g/mol. The highest BCUT2D eigenvalue weighted by Crippen LogP contribution is 2.17. The molecule has 0 radical (unpaired) electrons. The lowest BCUT2D eigenvalue weighted by atomic mass is 10.0. The molecule has 1 atom stereocenters. The number of carbonyl (C=O) groups is 1. The number of benzene rings is 1. The molecule has 1 unspecified atom stereocenters. The number of rotatable bonds is 5. The molecule has 1 aliphatic heterocycles. The van der Waals surface area contributed by atoms with E-state index in [0.29, 0.717) is 30.5 Å². The van der Waals surface area contributed by atoms with Crippen molar-refractivity contribution in [3.05, 3.63) is 29.8 Å². The minimum absolute atomic E-state index is 0.0589. The van der Waals surface area contributed by atoms with Gasteiger partial charge in [0.1, 0.15) is 5.75 Å². The summed E-state index contributed by atoms with van der Waals surface area (Å²) < 4.78 is 5.47. The number of hydrogen-bond acceptors (Lipinski definition) is 3. The van der Waals surface area contributed by atoms with Gasteiger partial charge in [0.25, 0.3) is 5.91 Å². The van der Waals surface area contributed by atoms with Crippen molar-refractivity contribution in [2.45, 2.75) is 32.2 Å². The first-order chi connectivity index (χ1) is 9.31. The fourth-order valence-electron chi connectivity index (χ4n) is 2.34. The van der Waals surface area contributed by atoms with Crippen LogP contribution in [0.4, 0.5) is 0 Å². The Kier molecular flexibility index (Phi) is 5.21. The molecular formula is C15H22N2O2. The second-order valence-corrected chi connectivity index (χ2v) is 4.79. The Morgan fingerprint density at radius 2 is 2.26 bits per heavy atom. The second kappa shape index (κ2) is 7.14. The quantitative estimate of drug-likeness (QED) is 0.853. The number of nitrogens with one attached hydrogen (secondary N) is 2. The molecule has 0 spiro atoms. The number of carbonyl (C=O) groups excluding carboxylic acids is 1. The highest BCUT2D eigenvalue weighted by Gasteiger charge is 2.16. The minimum Gasteiger partial charge on any atom is -0.493 e. The van der Waals surface area contributed by atoms with Gasteiger partial charge in [0.05, 0.1) is 12.2 Å². The smallest absolute Gasteiger partial charge is 0.255 e. The van der Waals surface area contributed by atoms with Crippen molar-refractivity contribution >= 4 is 5.91 Å². The van der Waals surface area contributed by atoms with E-state index in [9.17, 15) is 4.79 Å². The molecule has 19 heavy (non-hydrogen) atoms. The summed E-state index contributed by atoms with van der Waals surface area (Å²) in [5.41, 5.74) is 0.611. The Morgan fingerprint density at radius 1 is 1.42 bits per heavy atom. The van der Waals surface area contributed by atoms with Gasteiger partial charge in [-0.1, -0.05) is 18.6 Å². The van der Waals surface area contributed by atoms with Crippen LogP contribution < -0.4 is 15.4 Å². The van der Waals surface area contributed by atoms with Gasteiger partial charge in [-0.15, -0.1) is 0 Å². The largest absolute Gasteiger partial charge is 0.493 e. The van der Waals surface area contributed by atoms with Crippen LogP contribution in [0.15, 0.2) is 24.3 Å². The first-order valence-corrected chi connectivity index (χ1v) is 7.04. The minimum atomic E-state index is -0.0589. The molecule has 4 nitrogen and oxygen atoms in total. The number of ether oxygens (including phenoxy) is 1. The third-order valence-corrected chi connectivity index (χ3v) is 3.35. The Morgan fingerprint density at radius 3 is 3.00 bits per heavy atom. The van der Waals surface area contributed by atoms with E-state index in [1.807, 2.05) is 25.1 Å². The van der Waals surface area contributed by atoms with Gasteiger partial charge in [-0.3, -0.25) is 4.79 Å². The Hall–Kier alpha value is -1.55. The maximum atomic E-state index is 12.2. The van der Waals surface area contributed by atoms with Gasteiger partial charge in [0, 0.05) is 12.6 Å². The van der Waals surface area contributed by atoms with E-state index in [1.165, 1.54) is 12.8 Å². The third-order valence-electron chi connectivity index (χ3n) is 3.35. The molecule has 0 aliphatic carbocycles. The van der Waals surface area contributed by atoms with Crippen LogP contribution in [0.2, 0.25) is 0 Å². The summed E-state index contributed by atoms with van der Waals surface area (Å²) in [7, 11) is 0. The third kappa shape index (κ3) is 3.96. The molecule has 1 saturated heterocycles. The summed E-state index contributed by atoms with van der Waals surface area (Å²) in [5, 5.41) is 6.41. The average molecular weight is 262 g/mol. The molecule has 1 aliphatic rings. The maximum Gasteiger partial charge on any atom is 0.255 e. The van der Waals surface area contributed by atoms with Crippen molar-refractivity contribution in [3.8, 4) is 5.75 Å². The predicted molar refractivity (Wildman–Crippen MR) is 75.6 cm³/mol. The van der Waals surface area contributed by atoms with E-state index in [0.717, 1.165) is 13.0 Å². The molecule has 2 N–H and O–H groups in total. The summed E-state index contributed by atoms with van der Waals surface area (Å²) in [6.45, 7) is 4.21. The van der Waals surface area contributed by atoms with Crippen molar-refractivity contribution < 1.29 is 9.53 Å². The number of hydrogen-bond donors (Lipinski definition) is 2. The zero-order valence-electron chi connectivity index (χ0n) is 11.4. The van der Waals surface area contributed by atoms with Crippen molar-refractivity contribution in [1.29, 1.82) is 0 Å². The first-order valence-electron chi connectivity index (χ1n) is 7.04. The van der Waals surface area contributed by atoms with E-state index < -0.39 is 0 Å². The molecule has 1 fully saturated rings. The molecule has 1 aromatic rings. The lowest BCUT2D eigenvalue weighted by Gasteiger charge is -2.23. The van der Waals surface area contributed by atoms with Crippen LogP contribution in [0.1, 0.15) is 36.5 Å². The maximum absolute atomic E-state index is 12.2. The van der Waals surface area contributed by atoms with Gasteiger partial charge in [0.2, 0.25) is 0 Å². The summed E-state index contributed by atoms with van der Waals surface area (Å²) >= 11 is 0. The van der Waals surface area contributed by atoms with Gasteiger partial charge in [-0.05, 0) is 38.4 Å². The lowest BCUT2D eigenvalue weighted by molar-refractivity contribution is 0.0944. The van der Waals surface area contributed by atoms with E-state index in [4.69, 9.17) is 4.74 Å². The Balaban J connectivity index is 1.91. The monoisotopic (exact) mass is 262 g/mol. The molecule has 0 aromatic heterocycles. The van der Waals surface area contributed by atoms with Gasteiger partial charge in [-0.25, -0.2) is 0 Å². The summed E-state index contributed by atoms with van der Waals surface area (Å²) in [6, 6.07) is 7.77. The van der Waals surface area contributed by atoms with Crippen molar-refractivity contribution in [3.63, 3.8) is 0 Å². The number of para-hydroxylation sites is 1. The van der Waals surface area contributed by atoms with Crippen molar-refractivity contribution in [2.24, 2.45) is 0 Å². The second-order valence-electron chi connectivity index (χ2n) is 4.79. The normalized spacial score (nSPS) is 18.9. The van der Waals surface area contributed by atoms with Gasteiger partial charge in [0.15, 0.2) is 0 Å². The van der Waals surface area contributed by atoms with Crippen LogP contribution in [0, 0.1) is 0 Å². The van der Waals surface area contributed by atoms with E-state index in [1.54, 1.807) is 6.07 Å². The topological polar surface area (TPSA) is 50.4 Å². The standard InChI is InChI=1S/C15H22N2O2/c1-2-19-14-9-4-3-8-13(14)15(18)17-11-12-7-5-6-10-16-12/h3-4,8-9,12,16H,2,5-7,10-11H2,1H3,(H,17,18). The molecule has 1 amide bonds. The molecule has 1 aromatic carbocycles. The van der Waals surface area contributed by atoms with Gasteiger partial charge >= 0.3 is 0 Å². The fourth-order valence-corrected chi connectivity index (χ4v) is 2.34. The number of piperidine rings is 1. The lowest BCUT2D eigenvalue weighted by Crippen LogP contribution is -2.43. The first kappa shape index (κ1) is 13.9. The molecule has 0 saturated carbocycles.